The summed E-state index contributed by atoms with van der Waals surface area (Å²) in [5.74, 6) is 2.47. The van der Waals surface area contributed by atoms with Crippen molar-refractivity contribution >= 4 is 5.96 Å². The Morgan fingerprint density at radius 3 is 2.42 bits per heavy atom. The molecule has 0 saturated carbocycles. The maximum Gasteiger partial charge on any atom is 0.191 e. The van der Waals surface area contributed by atoms with Gasteiger partial charge in [-0.3, -0.25) is 9.89 Å². The van der Waals surface area contributed by atoms with Gasteiger partial charge < -0.3 is 20.1 Å². The van der Waals surface area contributed by atoms with Crippen molar-refractivity contribution in [2.45, 2.75) is 52.7 Å². The molecule has 0 aromatic heterocycles. The van der Waals surface area contributed by atoms with Crippen LogP contribution in [0.25, 0.3) is 0 Å². The zero-order valence-electron chi connectivity index (χ0n) is 16.8. The Balaban J connectivity index is 1.82. The summed E-state index contributed by atoms with van der Waals surface area (Å²) in [6, 6.07) is 7.16. The molecule has 0 radical (unpaired) electrons. The number of rotatable bonds is 7. The van der Waals surface area contributed by atoms with Crippen molar-refractivity contribution < 1.29 is 9.47 Å². The number of benzene rings is 1. The lowest BCUT2D eigenvalue weighted by Crippen LogP contribution is -2.45. The molecule has 0 spiro atoms. The fourth-order valence-corrected chi connectivity index (χ4v) is 3.14. The van der Waals surface area contributed by atoms with Gasteiger partial charge in [-0.2, -0.15) is 0 Å². The predicted molar refractivity (Wildman–Crippen MR) is 107 cm³/mol. The minimum Gasteiger partial charge on any atom is -0.490 e. The second-order valence-electron chi connectivity index (χ2n) is 7.11. The molecule has 0 fully saturated rings. The van der Waals surface area contributed by atoms with Crippen molar-refractivity contribution in [1.29, 1.82) is 0 Å². The van der Waals surface area contributed by atoms with Gasteiger partial charge >= 0.3 is 0 Å². The molecule has 2 rings (SSSR count). The molecule has 1 aliphatic heterocycles. The number of aliphatic imine (C=N–C) groups is 1. The van der Waals surface area contributed by atoms with Crippen molar-refractivity contribution in [3.63, 3.8) is 0 Å². The summed E-state index contributed by atoms with van der Waals surface area (Å²) >= 11 is 0. The smallest absolute Gasteiger partial charge is 0.191 e. The quantitative estimate of drug-likeness (QED) is 0.577. The van der Waals surface area contributed by atoms with Gasteiger partial charge in [-0.25, -0.2) is 0 Å². The fraction of sp³-hybridized carbons (Fsp3) is 0.650. The molecule has 0 atom stereocenters. The molecule has 1 heterocycles. The molecule has 0 saturated heterocycles. The number of nitrogens with one attached hydrogen (secondary N) is 2. The second kappa shape index (κ2) is 10.3. The zero-order chi connectivity index (χ0) is 18.9. The Bertz CT molecular complexity index is 579. The molecule has 2 N–H and O–H groups in total. The van der Waals surface area contributed by atoms with Crippen LogP contribution in [0.2, 0.25) is 0 Å². The summed E-state index contributed by atoms with van der Waals surface area (Å²) in [6.07, 6.45) is 0.919. The van der Waals surface area contributed by atoms with Gasteiger partial charge in [-0.15, -0.1) is 0 Å². The van der Waals surface area contributed by atoms with Gasteiger partial charge in [0, 0.05) is 45.2 Å². The first-order valence-electron chi connectivity index (χ1n) is 9.60. The van der Waals surface area contributed by atoms with Crippen LogP contribution in [0, 0.1) is 0 Å². The van der Waals surface area contributed by atoms with Gasteiger partial charge in [0.15, 0.2) is 17.5 Å². The molecule has 6 nitrogen and oxygen atoms in total. The molecule has 0 unspecified atom stereocenters. The molecule has 1 aromatic carbocycles. The highest BCUT2D eigenvalue weighted by atomic mass is 16.5. The first kappa shape index (κ1) is 20.4. The van der Waals surface area contributed by atoms with Crippen molar-refractivity contribution in [1.82, 2.24) is 15.5 Å². The average Bonchev–Trinajstić information content (AvgIpc) is 2.85. The average molecular weight is 363 g/mol. The highest BCUT2D eigenvalue weighted by molar-refractivity contribution is 5.79. The standard InChI is InChI=1S/C20H34N4O2/c1-15(2)24(16(3)4)10-9-22-20(21-5)23-14-17-7-8-18-19(13-17)26-12-6-11-25-18/h7-8,13,15-16H,6,9-12,14H2,1-5H3,(H2,21,22,23). The van der Waals surface area contributed by atoms with E-state index in [9.17, 15) is 0 Å². The van der Waals surface area contributed by atoms with Crippen LogP contribution >= 0.6 is 0 Å². The van der Waals surface area contributed by atoms with E-state index in [4.69, 9.17) is 9.47 Å². The largest absolute Gasteiger partial charge is 0.490 e. The number of fused-ring (bicyclic) bond motifs is 1. The van der Waals surface area contributed by atoms with Gasteiger partial charge in [0.1, 0.15) is 0 Å². The summed E-state index contributed by atoms with van der Waals surface area (Å²) < 4.78 is 11.4. The Morgan fingerprint density at radius 1 is 1.08 bits per heavy atom. The van der Waals surface area contributed by atoms with Gasteiger partial charge in [0.25, 0.3) is 0 Å². The lowest BCUT2D eigenvalue weighted by atomic mass is 10.2. The van der Waals surface area contributed by atoms with Gasteiger partial charge in [0.2, 0.25) is 0 Å². The molecule has 6 heteroatoms. The molecule has 26 heavy (non-hydrogen) atoms. The highest BCUT2D eigenvalue weighted by Crippen LogP contribution is 2.30. The minimum absolute atomic E-state index is 0.536. The summed E-state index contributed by atoms with van der Waals surface area (Å²) in [5, 5.41) is 6.76. The van der Waals surface area contributed by atoms with E-state index in [-0.39, 0.29) is 0 Å². The van der Waals surface area contributed by atoms with Crippen LogP contribution in [-0.4, -0.2) is 56.3 Å². The summed E-state index contributed by atoms with van der Waals surface area (Å²) in [4.78, 5) is 6.77. The van der Waals surface area contributed by atoms with Crippen molar-refractivity contribution in [2.75, 3.05) is 33.4 Å². The van der Waals surface area contributed by atoms with E-state index in [0.717, 1.165) is 42.5 Å². The van der Waals surface area contributed by atoms with Crippen molar-refractivity contribution in [2.24, 2.45) is 4.99 Å². The normalized spacial score (nSPS) is 14.7. The number of hydrogen-bond acceptors (Lipinski definition) is 4. The monoisotopic (exact) mass is 362 g/mol. The highest BCUT2D eigenvalue weighted by Gasteiger charge is 2.13. The van der Waals surface area contributed by atoms with E-state index in [1.807, 2.05) is 12.1 Å². The first-order valence-corrected chi connectivity index (χ1v) is 9.60. The molecule has 0 bridgehead atoms. The van der Waals surface area contributed by atoms with Crippen LogP contribution in [-0.2, 0) is 6.54 Å². The fourth-order valence-electron chi connectivity index (χ4n) is 3.14. The van der Waals surface area contributed by atoms with E-state index in [1.54, 1.807) is 7.05 Å². The van der Waals surface area contributed by atoms with Gasteiger partial charge in [0.05, 0.1) is 13.2 Å². The summed E-state index contributed by atoms with van der Waals surface area (Å²) in [6.45, 7) is 12.9. The minimum atomic E-state index is 0.536. The van der Waals surface area contributed by atoms with E-state index in [0.29, 0.717) is 31.8 Å². The molecule has 1 aromatic rings. The molecular weight excluding hydrogens is 328 g/mol. The topological polar surface area (TPSA) is 58.1 Å². The lowest BCUT2D eigenvalue weighted by Gasteiger charge is -2.30. The zero-order valence-corrected chi connectivity index (χ0v) is 16.8. The van der Waals surface area contributed by atoms with Crippen LogP contribution < -0.4 is 20.1 Å². The van der Waals surface area contributed by atoms with E-state index in [2.05, 4.69) is 54.3 Å². The maximum atomic E-state index is 5.75. The third-order valence-electron chi connectivity index (χ3n) is 4.48. The Labute approximate surface area is 158 Å². The van der Waals surface area contributed by atoms with Crippen LogP contribution in [0.4, 0.5) is 0 Å². The van der Waals surface area contributed by atoms with E-state index in [1.165, 1.54) is 0 Å². The maximum absolute atomic E-state index is 5.75. The number of hydrogen-bond donors (Lipinski definition) is 2. The molecule has 146 valence electrons. The summed E-state index contributed by atoms with van der Waals surface area (Å²) in [7, 11) is 1.80. The Hall–Kier alpha value is -1.95. The number of ether oxygens (including phenoxy) is 2. The van der Waals surface area contributed by atoms with Crippen molar-refractivity contribution in [3.8, 4) is 11.5 Å². The van der Waals surface area contributed by atoms with Crippen LogP contribution in [0.1, 0.15) is 39.7 Å². The third kappa shape index (κ3) is 6.09. The van der Waals surface area contributed by atoms with Crippen LogP contribution in [0.5, 0.6) is 11.5 Å². The van der Waals surface area contributed by atoms with Gasteiger partial charge in [-0.1, -0.05) is 6.07 Å². The number of guanidine groups is 1. The van der Waals surface area contributed by atoms with Crippen molar-refractivity contribution in [3.05, 3.63) is 23.8 Å². The Morgan fingerprint density at radius 2 is 1.77 bits per heavy atom. The second-order valence-corrected chi connectivity index (χ2v) is 7.11. The molecular formula is C20H34N4O2. The molecule has 0 aliphatic carbocycles. The predicted octanol–water partition coefficient (Wildman–Crippen LogP) is 2.63. The van der Waals surface area contributed by atoms with Gasteiger partial charge in [-0.05, 0) is 45.4 Å². The van der Waals surface area contributed by atoms with Crippen LogP contribution in [0.3, 0.4) is 0 Å². The Kier molecular flexibility index (Phi) is 8.04. The third-order valence-corrected chi connectivity index (χ3v) is 4.48. The SMILES string of the molecule is CN=C(NCCN(C(C)C)C(C)C)NCc1ccc2c(c1)OCCCO2. The van der Waals surface area contributed by atoms with Crippen LogP contribution in [0.15, 0.2) is 23.2 Å². The lowest BCUT2D eigenvalue weighted by molar-refractivity contribution is 0.178. The first-order chi connectivity index (χ1) is 12.5. The number of nitrogens with zero attached hydrogens (tertiary/aromatic N) is 2. The summed E-state index contributed by atoms with van der Waals surface area (Å²) in [5.41, 5.74) is 1.14. The van der Waals surface area contributed by atoms with E-state index >= 15 is 0 Å². The molecule has 0 amide bonds. The molecule has 1 aliphatic rings. The van der Waals surface area contributed by atoms with E-state index < -0.39 is 0 Å².